The third-order valence-electron chi connectivity index (χ3n) is 2.20. The van der Waals surface area contributed by atoms with Gasteiger partial charge in [-0.2, -0.15) is 5.10 Å². The van der Waals surface area contributed by atoms with Crippen LogP contribution in [-0.2, 0) is 0 Å². The summed E-state index contributed by atoms with van der Waals surface area (Å²) in [5.41, 5.74) is 1.83. The Bertz CT molecular complexity index is 626. The lowest BCUT2D eigenvalue weighted by Gasteiger charge is -1.87. The number of hydrogen-bond acceptors (Lipinski definition) is 5. The summed E-state index contributed by atoms with van der Waals surface area (Å²) < 4.78 is 4.38. The summed E-state index contributed by atoms with van der Waals surface area (Å²) in [5.74, 6) is 0.423. The number of hydrogen-bond donors (Lipinski definition) is 1. The molecule has 2 aromatic heterocycles. The van der Waals surface area contributed by atoms with Gasteiger partial charge in [-0.1, -0.05) is 23.3 Å². The average Bonchev–Trinajstić information content (AvgIpc) is 2.96. The fraction of sp³-hybridized carbons (Fsp3) is 0. The summed E-state index contributed by atoms with van der Waals surface area (Å²) >= 11 is 0. The highest BCUT2D eigenvalue weighted by atomic mass is 16.6. The summed E-state index contributed by atoms with van der Waals surface area (Å²) in [4.78, 5) is 0. The molecule has 16 heavy (non-hydrogen) atoms. The van der Waals surface area contributed by atoms with E-state index in [4.69, 9.17) is 0 Å². The third-order valence-corrected chi connectivity index (χ3v) is 2.20. The van der Waals surface area contributed by atoms with Crippen LogP contribution in [0.4, 0.5) is 0 Å². The van der Waals surface area contributed by atoms with Crippen LogP contribution in [0.5, 0.6) is 0 Å². The molecule has 6 nitrogen and oxygen atoms in total. The van der Waals surface area contributed by atoms with Crippen LogP contribution in [-0.4, -0.2) is 25.7 Å². The number of aromatic nitrogens is 5. The first-order valence-electron chi connectivity index (χ1n) is 4.70. The molecule has 0 amide bonds. The molecule has 78 valence electrons. The molecule has 0 atom stereocenters. The second-order valence-corrected chi connectivity index (χ2v) is 3.20. The second-order valence-electron chi connectivity index (χ2n) is 3.20. The van der Waals surface area contributed by atoms with E-state index < -0.39 is 0 Å². The minimum atomic E-state index is 0.423. The summed E-state index contributed by atoms with van der Waals surface area (Å²) in [6, 6.07) is 7.88. The van der Waals surface area contributed by atoms with Gasteiger partial charge in [0, 0.05) is 5.39 Å². The lowest BCUT2D eigenvalue weighted by atomic mass is 10.2. The Morgan fingerprint density at radius 3 is 3.00 bits per heavy atom. The Morgan fingerprint density at radius 1 is 1.19 bits per heavy atom. The van der Waals surface area contributed by atoms with Crippen molar-refractivity contribution < 1.29 is 4.63 Å². The van der Waals surface area contributed by atoms with Gasteiger partial charge in [0.1, 0.15) is 0 Å². The van der Waals surface area contributed by atoms with Crippen molar-refractivity contribution in [2.45, 2.75) is 0 Å². The van der Waals surface area contributed by atoms with Crippen molar-refractivity contribution in [3.8, 4) is 0 Å². The SMILES string of the molecule is C(=C\c1n[nH]c2ccccc12)/c1nnon1. The fourth-order valence-electron chi connectivity index (χ4n) is 1.47. The number of nitrogens with zero attached hydrogens (tertiary/aromatic N) is 4. The quantitative estimate of drug-likeness (QED) is 0.697. The van der Waals surface area contributed by atoms with Gasteiger partial charge in [-0.25, -0.2) is 4.63 Å². The van der Waals surface area contributed by atoms with E-state index in [1.807, 2.05) is 30.3 Å². The number of aromatic amines is 1. The molecule has 0 spiro atoms. The van der Waals surface area contributed by atoms with Crippen molar-refractivity contribution in [2.24, 2.45) is 0 Å². The number of rotatable bonds is 2. The predicted octanol–water partition coefficient (Wildman–Crippen LogP) is 1.51. The summed E-state index contributed by atoms with van der Waals surface area (Å²) in [7, 11) is 0. The van der Waals surface area contributed by atoms with E-state index in [-0.39, 0.29) is 0 Å². The molecular weight excluding hydrogens is 206 g/mol. The zero-order chi connectivity index (χ0) is 10.8. The van der Waals surface area contributed by atoms with E-state index in [1.165, 1.54) is 0 Å². The molecule has 1 aromatic carbocycles. The van der Waals surface area contributed by atoms with Gasteiger partial charge >= 0.3 is 0 Å². The van der Waals surface area contributed by atoms with Crippen molar-refractivity contribution in [1.29, 1.82) is 0 Å². The van der Waals surface area contributed by atoms with Crippen LogP contribution in [0.3, 0.4) is 0 Å². The van der Waals surface area contributed by atoms with Gasteiger partial charge in [0.25, 0.3) is 0 Å². The van der Waals surface area contributed by atoms with Crippen LogP contribution in [0.1, 0.15) is 11.5 Å². The van der Waals surface area contributed by atoms with Crippen LogP contribution in [0, 0.1) is 0 Å². The smallest absolute Gasteiger partial charge is 0.219 e. The maximum absolute atomic E-state index is 4.38. The van der Waals surface area contributed by atoms with Gasteiger partial charge in [-0.05, 0) is 23.4 Å². The topological polar surface area (TPSA) is 80.5 Å². The van der Waals surface area contributed by atoms with Gasteiger partial charge in [0.05, 0.1) is 16.5 Å². The molecule has 3 aromatic rings. The lowest BCUT2D eigenvalue weighted by Crippen LogP contribution is -1.76. The number of H-pyrrole nitrogens is 1. The minimum absolute atomic E-state index is 0.423. The lowest BCUT2D eigenvalue weighted by molar-refractivity contribution is 0.292. The van der Waals surface area contributed by atoms with E-state index in [0.29, 0.717) is 5.82 Å². The van der Waals surface area contributed by atoms with Gasteiger partial charge in [0.2, 0.25) is 5.82 Å². The molecule has 0 aliphatic rings. The van der Waals surface area contributed by atoms with Crippen LogP contribution < -0.4 is 0 Å². The number of fused-ring (bicyclic) bond motifs is 1. The third kappa shape index (κ3) is 1.46. The predicted molar refractivity (Wildman–Crippen MR) is 57.1 cm³/mol. The van der Waals surface area contributed by atoms with Crippen LogP contribution in [0.15, 0.2) is 28.9 Å². The minimum Gasteiger partial charge on any atom is -0.277 e. The molecule has 0 unspecified atom stereocenters. The Labute approximate surface area is 89.9 Å². The van der Waals surface area contributed by atoms with Gasteiger partial charge in [0.15, 0.2) is 0 Å². The molecule has 0 radical (unpaired) electrons. The molecular formula is C10H7N5O. The monoisotopic (exact) mass is 213 g/mol. The van der Waals surface area contributed by atoms with Gasteiger partial charge in [-0.15, -0.1) is 0 Å². The summed E-state index contributed by atoms with van der Waals surface area (Å²) in [5, 5.41) is 18.7. The molecule has 0 aliphatic carbocycles. The van der Waals surface area contributed by atoms with Gasteiger partial charge in [-0.3, -0.25) is 5.10 Å². The highest BCUT2D eigenvalue weighted by Crippen LogP contribution is 2.16. The number of benzene rings is 1. The van der Waals surface area contributed by atoms with Crippen molar-refractivity contribution in [1.82, 2.24) is 25.7 Å². The molecule has 0 saturated heterocycles. The summed E-state index contributed by atoms with van der Waals surface area (Å²) in [6.07, 6.45) is 3.50. The highest BCUT2D eigenvalue weighted by molar-refractivity contribution is 5.88. The first kappa shape index (κ1) is 8.78. The molecule has 2 heterocycles. The Hall–Kier alpha value is -2.50. The van der Waals surface area contributed by atoms with E-state index >= 15 is 0 Å². The first-order valence-corrected chi connectivity index (χ1v) is 4.70. The zero-order valence-electron chi connectivity index (χ0n) is 8.16. The average molecular weight is 213 g/mol. The normalized spacial score (nSPS) is 11.5. The van der Waals surface area contributed by atoms with Crippen molar-refractivity contribution in [3.63, 3.8) is 0 Å². The van der Waals surface area contributed by atoms with Crippen LogP contribution >= 0.6 is 0 Å². The fourth-order valence-corrected chi connectivity index (χ4v) is 1.47. The van der Waals surface area contributed by atoms with Crippen molar-refractivity contribution in [2.75, 3.05) is 0 Å². The van der Waals surface area contributed by atoms with Gasteiger partial charge < -0.3 is 0 Å². The van der Waals surface area contributed by atoms with E-state index in [2.05, 4.69) is 30.4 Å². The number of para-hydroxylation sites is 1. The molecule has 0 saturated carbocycles. The van der Waals surface area contributed by atoms with E-state index in [0.717, 1.165) is 16.6 Å². The highest BCUT2D eigenvalue weighted by Gasteiger charge is 2.01. The Balaban J connectivity index is 2.01. The maximum Gasteiger partial charge on any atom is 0.219 e. The standard InChI is InChI=1S/C10H7N5O/c1-2-4-8-7(3-1)9(12-11-8)5-6-10-13-15-16-14-10/h1-6H,(H,11,12)/b6-5+. The largest absolute Gasteiger partial charge is 0.277 e. The molecule has 3 rings (SSSR count). The Kier molecular flexibility index (Phi) is 1.96. The van der Waals surface area contributed by atoms with Crippen LogP contribution in [0.2, 0.25) is 0 Å². The molecule has 6 heteroatoms. The van der Waals surface area contributed by atoms with E-state index in [1.54, 1.807) is 6.08 Å². The molecule has 0 bridgehead atoms. The summed E-state index contributed by atoms with van der Waals surface area (Å²) in [6.45, 7) is 0. The van der Waals surface area contributed by atoms with Crippen molar-refractivity contribution in [3.05, 3.63) is 35.8 Å². The van der Waals surface area contributed by atoms with Crippen LogP contribution in [0.25, 0.3) is 23.1 Å². The zero-order valence-corrected chi connectivity index (χ0v) is 8.16. The maximum atomic E-state index is 4.38. The molecule has 0 fully saturated rings. The Morgan fingerprint density at radius 2 is 2.12 bits per heavy atom. The molecule has 1 N–H and O–H groups in total. The molecule has 0 aliphatic heterocycles. The number of nitrogens with one attached hydrogen (secondary N) is 1. The first-order chi connectivity index (χ1) is 7.93. The van der Waals surface area contributed by atoms with Crippen molar-refractivity contribution >= 4 is 23.1 Å². The van der Waals surface area contributed by atoms with E-state index in [9.17, 15) is 0 Å². The second kappa shape index (κ2) is 3.58.